The Morgan fingerprint density at radius 2 is 1.96 bits per heavy atom. The first kappa shape index (κ1) is 15.2. The van der Waals surface area contributed by atoms with E-state index in [9.17, 15) is 4.79 Å². The first-order chi connectivity index (χ1) is 11.1. The van der Waals surface area contributed by atoms with Crippen molar-refractivity contribution in [1.29, 1.82) is 0 Å². The maximum atomic E-state index is 11.6. The Morgan fingerprint density at radius 3 is 2.70 bits per heavy atom. The summed E-state index contributed by atoms with van der Waals surface area (Å²) in [7, 11) is 0. The van der Waals surface area contributed by atoms with Crippen LogP contribution in [0.25, 0.3) is 11.5 Å². The molecule has 6 heteroatoms. The fourth-order valence-corrected chi connectivity index (χ4v) is 2.22. The van der Waals surface area contributed by atoms with Gasteiger partial charge in [0.05, 0.1) is 5.56 Å². The Kier molecular flexibility index (Phi) is 4.39. The second-order valence-corrected chi connectivity index (χ2v) is 5.29. The molecule has 0 amide bonds. The molecule has 0 atom stereocenters. The Bertz CT molecular complexity index is 831. The molecule has 0 unspecified atom stereocenters. The van der Waals surface area contributed by atoms with Gasteiger partial charge in [0.25, 0.3) is 5.89 Å². The van der Waals surface area contributed by atoms with Crippen molar-refractivity contribution in [3.63, 3.8) is 0 Å². The van der Waals surface area contributed by atoms with E-state index in [2.05, 4.69) is 10.2 Å². The van der Waals surface area contributed by atoms with E-state index in [0.717, 1.165) is 5.56 Å². The van der Waals surface area contributed by atoms with Crippen LogP contribution in [0.2, 0.25) is 5.02 Å². The minimum atomic E-state index is -0.127. The van der Waals surface area contributed by atoms with Gasteiger partial charge in [-0.1, -0.05) is 29.8 Å². The van der Waals surface area contributed by atoms with Crippen LogP contribution in [0.15, 0.2) is 52.9 Å². The maximum Gasteiger partial charge on any atom is 0.254 e. The highest BCUT2D eigenvalue weighted by molar-refractivity contribution is 6.31. The van der Waals surface area contributed by atoms with Gasteiger partial charge in [0.1, 0.15) is 5.75 Å². The molecule has 3 aromatic rings. The molecule has 116 valence electrons. The Hall–Kier alpha value is -2.66. The van der Waals surface area contributed by atoms with Crippen LogP contribution in [0.3, 0.4) is 0 Å². The zero-order chi connectivity index (χ0) is 16.2. The molecule has 0 aliphatic heterocycles. The predicted octanol–water partition coefficient (Wildman–Crippen LogP) is 4.17. The van der Waals surface area contributed by atoms with Crippen molar-refractivity contribution in [1.82, 2.24) is 10.2 Å². The van der Waals surface area contributed by atoms with Crippen LogP contribution in [-0.2, 0) is 6.61 Å². The minimum absolute atomic E-state index is 0.0712. The summed E-state index contributed by atoms with van der Waals surface area (Å²) in [6, 6.07) is 14.3. The summed E-state index contributed by atoms with van der Waals surface area (Å²) in [6.45, 7) is 1.53. The number of carbonyl (C=O) groups excluding carboxylic acids is 1. The normalized spacial score (nSPS) is 10.5. The third-order valence-corrected chi connectivity index (χ3v) is 3.39. The molecule has 0 saturated carbocycles. The van der Waals surface area contributed by atoms with E-state index in [4.69, 9.17) is 20.8 Å². The van der Waals surface area contributed by atoms with Gasteiger partial charge in [-0.05, 0) is 37.3 Å². The van der Waals surface area contributed by atoms with Gasteiger partial charge in [-0.2, -0.15) is 0 Å². The number of halogens is 1. The Labute approximate surface area is 137 Å². The van der Waals surface area contributed by atoms with Gasteiger partial charge < -0.3 is 9.15 Å². The Morgan fingerprint density at radius 1 is 1.17 bits per heavy atom. The second kappa shape index (κ2) is 6.62. The number of benzene rings is 2. The molecule has 0 N–H and O–H groups in total. The molecular weight excluding hydrogens is 316 g/mol. The SMILES string of the molecule is CC(=O)c1cc(Cl)ccc1OCc1nnc(-c2ccccc2)o1. The number of rotatable bonds is 5. The number of hydrogen-bond acceptors (Lipinski definition) is 5. The van der Waals surface area contributed by atoms with Crippen molar-refractivity contribution >= 4 is 17.4 Å². The highest BCUT2D eigenvalue weighted by atomic mass is 35.5. The van der Waals surface area contributed by atoms with Crippen LogP contribution < -0.4 is 4.74 Å². The van der Waals surface area contributed by atoms with Crippen LogP contribution in [-0.4, -0.2) is 16.0 Å². The van der Waals surface area contributed by atoms with E-state index in [1.807, 2.05) is 30.3 Å². The summed E-state index contributed by atoms with van der Waals surface area (Å²) in [4.78, 5) is 11.6. The first-order valence-electron chi connectivity index (χ1n) is 6.94. The molecule has 0 aliphatic rings. The van der Waals surface area contributed by atoms with E-state index in [1.54, 1.807) is 18.2 Å². The lowest BCUT2D eigenvalue weighted by Crippen LogP contribution is -2.02. The zero-order valence-electron chi connectivity index (χ0n) is 12.3. The lowest BCUT2D eigenvalue weighted by Gasteiger charge is -2.08. The van der Waals surface area contributed by atoms with Crippen molar-refractivity contribution in [2.45, 2.75) is 13.5 Å². The first-order valence-corrected chi connectivity index (χ1v) is 7.32. The summed E-state index contributed by atoms with van der Waals surface area (Å²) in [6.07, 6.45) is 0. The van der Waals surface area contributed by atoms with Gasteiger partial charge in [0.15, 0.2) is 12.4 Å². The summed E-state index contributed by atoms with van der Waals surface area (Å²) < 4.78 is 11.2. The number of aromatic nitrogens is 2. The average Bonchev–Trinajstić information content (AvgIpc) is 3.03. The second-order valence-electron chi connectivity index (χ2n) is 4.85. The van der Waals surface area contributed by atoms with Crippen LogP contribution >= 0.6 is 11.6 Å². The van der Waals surface area contributed by atoms with Gasteiger partial charge in [0, 0.05) is 10.6 Å². The van der Waals surface area contributed by atoms with E-state index >= 15 is 0 Å². The van der Waals surface area contributed by atoms with Crippen molar-refractivity contribution in [2.75, 3.05) is 0 Å². The highest BCUT2D eigenvalue weighted by Gasteiger charge is 2.12. The lowest BCUT2D eigenvalue weighted by atomic mass is 10.1. The number of carbonyl (C=O) groups is 1. The molecule has 23 heavy (non-hydrogen) atoms. The number of Topliss-reactive ketones (excluding diaryl/α,β-unsaturated/α-hetero) is 1. The van der Waals surface area contributed by atoms with E-state index in [0.29, 0.717) is 28.1 Å². The largest absolute Gasteiger partial charge is 0.483 e. The molecule has 1 heterocycles. The molecule has 5 nitrogen and oxygen atoms in total. The van der Waals surface area contributed by atoms with Gasteiger partial charge in [-0.25, -0.2) is 0 Å². The van der Waals surface area contributed by atoms with Gasteiger partial charge in [0.2, 0.25) is 5.89 Å². The van der Waals surface area contributed by atoms with Crippen LogP contribution in [0.1, 0.15) is 23.2 Å². The van der Waals surface area contributed by atoms with Crippen molar-refractivity contribution < 1.29 is 13.9 Å². The van der Waals surface area contributed by atoms with Gasteiger partial charge in [-0.3, -0.25) is 4.79 Å². The zero-order valence-corrected chi connectivity index (χ0v) is 13.1. The molecule has 1 aromatic heterocycles. The molecule has 0 aliphatic carbocycles. The van der Waals surface area contributed by atoms with Gasteiger partial charge in [-0.15, -0.1) is 10.2 Å². The molecule has 2 aromatic carbocycles. The highest BCUT2D eigenvalue weighted by Crippen LogP contribution is 2.24. The predicted molar refractivity (Wildman–Crippen MR) is 85.5 cm³/mol. The molecular formula is C17H13ClN2O3. The smallest absolute Gasteiger partial charge is 0.254 e. The fraction of sp³-hybridized carbons (Fsp3) is 0.118. The average molecular weight is 329 g/mol. The number of ether oxygens (including phenoxy) is 1. The van der Waals surface area contributed by atoms with Crippen molar-refractivity contribution in [3.8, 4) is 17.2 Å². The standard InChI is InChI=1S/C17H13ClN2O3/c1-11(21)14-9-13(18)7-8-15(14)22-10-16-19-20-17(23-16)12-5-3-2-4-6-12/h2-9H,10H2,1H3. The van der Waals surface area contributed by atoms with Crippen LogP contribution in [0.5, 0.6) is 5.75 Å². The van der Waals surface area contributed by atoms with Crippen LogP contribution in [0, 0.1) is 0 Å². The fourth-order valence-electron chi connectivity index (χ4n) is 2.05. The summed E-state index contributed by atoms with van der Waals surface area (Å²) >= 11 is 5.90. The van der Waals surface area contributed by atoms with E-state index in [-0.39, 0.29) is 12.4 Å². The lowest BCUT2D eigenvalue weighted by molar-refractivity contribution is 0.101. The third kappa shape index (κ3) is 3.57. The Balaban J connectivity index is 1.75. The van der Waals surface area contributed by atoms with Crippen molar-refractivity contribution in [3.05, 3.63) is 65.0 Å². The summed E-state index contributed by atoms with van der Waals surface area (Å²) in [5, 5.41) is 8.41. The molecule has 0 fully saturated rings. The minimum Gasteiger partial charge on any atom is -0.483 e. The molecule has 0 radical (unpaired) electrons. The topological polar surface area (TPSA) is 65.2 Å². The third-order valence-electron chi connectivity index (χ3n) is 3.16. The molecule has 0 spiro atoms. The molecule has 0 bridgehead atoms. The molecule has 3 rings (SSSR count). The van der Waals surface area contributed by atoms with E-state index < -0.39 is 0 Å². The number of ketones is 1. The monoisotopic (exact) mass is 328 g/mol. The van der Waals surface area contributed by atoms with Gasteiger partial charge >= 0.3 is 0 Å². The van der Waals surface area contributed by atoms with Crippen molar-refractivity contribution in [2.24, 2.45) is 0 Å². The summed E-state index contributed by atoms with van der Waals surface area (Å²) in [5.41, 5.74) is 1.25. The maximum absolute atomic E-state index is 11.6. The van der Waals surface area contributed by atoms with Crippen LogP contribution in [0.4, 0.5) is 0 Å². The van der Waals surface area contributed by atoms with E-state index in [1.165, 1.54) is 6.92 Å². The summed E-state index contributed by atoms with van der Waals surface area (Å²) in [5.74, 6) is 1.06. The molecule has 0 saturated heterocycles. The number of hydrogen-bond donors (Lipinski definition) is 0. The number of nitrogens with zero attached hydrogens (tertiary/aromatic N) is 2. The quantitative estimate of drug-likeness (QED) is 0.657.